The molecular weight excluding hydrogens is 338 g/mol. The average molecular weight is 356 g/mol. The number of rotatable bonds is 4. The molecule has 0 bridgehead atoms. The summed E-state index contributed by atoms with van der Waals surface area (Å²) in [6.45, 7) is -0.793. The summed E-state index contributed by atoms with van der Waals surface area (Å²) in [7, 11) is 0. The minimum atomic E-state index is -4.47. The monoisotopic (exact) mass is 356 g/mol. The van der Waals surface area contributed by atoms with E-state index in [1.165, 1.54) is 18.2 Å². The van der Waals surface area contributed by atoms with Gasteiger partial charge in [-0.1, -0.05) is 0 Å². The fourth-order valence-corrected chi connectivity index (χ4v) is 2.68. The molecule has 136 valence electrons. The van der Waals surface area contributed by atoms with Crippen LogP contribution < -0.4 is 10.5 Å². The molecule has 1 aromatic carbocycles. The van der Waals surface area contributed by atoms with E-state index in [1.54, 1.807) is 4.90 Å². The van der Waals surface area contributed by atoms with Crippen LogP contribution in [0.2, 0.25) is 0 Å². The Bertz CT molecular complexity index is 550. The highest BCUT2D eigenvalue weighted by Gasteiger charge is 2.41. The molecule has 1 aliphatic rings. The maximum Gasteiger partial charge on any atom is 0.422 e. The van der Waals surface area contributed by atoms with Crippen molar-refractivity contribution in [2.75, 3.05) is 25.4 Å². The number of nitrogen functional groups attached to an aromatic ring is 1. The van der Waals surface area contributed by atoms with Crippen LogP contribution in [0, 0.1) is 5.92 Å². The van der Waals surface area contributed by atoms with Crippen molar-refractivity contribution in [3.05, 3.63) is 23.8 Å². The van der Waals surface area contributed by atoms with Gasteiger partial charge in [-0.2, -0.15) is 26.3 Å². The SMILES string of the molecule is Nc1ccc(OCC(F)(F)F)c(CN2CCC(C(F)(F)F)CC2)c1. The lowest BCUT2D eigenvalue weighted by molar-refractivity contribution is -0.185. The molecule has 0 aromatic heterocycles. The molecule has 1 aromatic rings. The zero-order chi connectivity index (χ0) is 18.0. The first-order chi connectivity index (χ1) is 11.0. The van der Waals surface area contributed by atoms with Crippen LogP contribution in [0.5, 0.6) is 5.75 Å². The smallest absolute Gasteiger partial charge is 0.422 e. The number of hydrogen-bond acceptors (Lipinski definition) is 3. The maximum atomic E-state index is 12.7. The van der Waals surface area contributed by atoms with Gasteiger partial charge in [0.05, 0.1) is 5.92 Å². The van der Waals surface area contributed by atoms with Gasteiger partial charge in [-0.3, -0.25) is 4.90 Å². The summed E-state index contributed by atoms with van der Waals surface area (Å²) in [4.78, 5) is 1.76. The van der Waals surface area contributed by atoms with Crippen LogP contribution in [0.15, 0.2) is 18.2 Å². The summed E-state index contributed by atoms with van der Waals surface area (Å²) in [6, 6.07) is 4.26. The Hall–Kier alpha value is -1.64. The van der Waals surface area contributed by atoms with Gasteiger partial charge in [-0.25, -0.2) is 0 Å². The van der Waals surface area contributed by atoms with Gasteiger partial charge in [-0.15, -0.1) is 0 Å². The molecule has 0 aliphatic carbocycles. The molecular formula is C15H18F6N2O. The number of likely N-dealkylation sites (tertiary alicyclic amines) is 1. The molecule has 0 radical (unpaired) electrons. The Kier molecular flexibility index (Phi) is 5.52. The van der Waals surface area contributed by atoms with Crippen molar-refractivity contribution in [2.24, 2.45) is 5.92 Å². The van der Waals surface area contributed by atoms with Gasteiger partial charge < -0.3 is 10.5 Å². The van der Waals surface area contributed by atoms with Crippen LogP contribution in [-0.4, -0.2) is 36.9 Å². The van der Waals surface area contributed by atoms with Crippen molar-refractivity contribution >= 4 is 5.69 Å². The highest BCUT2D eigenvalue weighted by molar-refractivity contribution is 5.47. The average Bonchev–Trinajstić information content (AvgIpc) is 2.45. The van der Waals surface area contributed by atoms with E-state index in [4.69, 9.17) is 10.5 Å². The number of anilines is 1. The summed E-state index contributed by atoms with van der Waals surface area (Å²) < 4.78 is 79.7. The predicted molar refractivity (Wildman–Crippen MR) is 76.5 cm³/mol. The fraction of sp³-hybridized carbons (Fsp3) is 0.600. The van der Waals surface area contributed by atoms with Crippen LogP contribution in [0.1, 0.15) is 18.4 Å². The van der Waals surface area contributed by atoms with Gasteiger partial charge in [0.1, 0.15) is 5.75 Å². The molecule has 0 amide bonds. The minimum Gasteiger partial charge on any atom is -0.484 e. The molecule has 1 heterocycles. The normalized spacial score (nSPS) is 17.9. The first-order valence-corrected chi connectivity index (χ1v) is 7.41. The Morgan fingerprint density at radius 1 is 1.08 bits per heavy atom. The number of halogens is 6. The zero-order valence-electron chi connectivity index (χ0n) is 12.8. The number of nitrogens with two attached hydrogens (primary N) is 1. The minimum absolute atomic E-state index is 0.0233. The molecule has 0 spiro atoms. The Morgan fingerprint density at radius 2 is 1.71 bits per heavy atom. The third kappa shape index (κ3) is 5.47. The summed E-state index contributed by atoms with van der Waals surface area (Å²) in [5.74, 6) is -1.28. The number of ether oxygens (including phenoxy) is 1. The highest BCUT2D eigenvalue weighted by Crippen LogP contribution is 2.35. The van der Waals surface area contributed by atoms with Crippen LogP contribution in [-0.2, 0) is 6.54 Å². The second-order valence-corrected chi connectivity index (χ2v) is 5.86. The standard InChI is InChI=1S/C15H18F6N2O/c16-14(17,18)9-24-13-2-1-12(22)7-10(13)8-23-5-3-11(4-6-23)15(19,20)21/h1-2,7,11H,3-6,8-9,22H2. The fourth-order valence-electron chi connectivity index (χ4n) is 2.68. The third-order valence-electron chi connectivity index (χ3n) is 3.92. The number of alkyl halides is 6. The van der Waals surface area contributed by atoms with Crippen molar-refractivity contribution < 1.29 is 31.1 Å². The summed E-state index contributed by atoms with van der Waals surface area (Å²) in [5.41, 5.74) is 6.44. The van der Waals surface area contributed by atoms with Crippen molar-refractivity contribution in [3.8, 4) is 5.75 Å². The van der Waals surface area contributed by atoms with Gasteiger partial charge in [-0.05, 0) is 44.1 Å². The van der Waals surface area contributed by atoms with E-state index in [0.29, 0.717) is 11.3 Å². The number of nitrogens with zero attached hydrogens (tertiary/aromatic N) is 1. The molecule has 0 saturated carbocycles. The topological polar surface area (TPSA) is 38.5 Å². The second kappa shape index (κ2) is 7.08. The Balaban J connectivity index is 2.00. The van der Waals surface area contributed by atoms with Crippen LogP contribution in [0.4, 0.5) is 32.0 Å². The number of benzene rings is 1. The van der Waals surface area contributed by atoms with Gasteiger partial charge in [0.15, 0.2) is 6.61 Å². The quantitative estimate of drug-likeness (QED) is 0.655. The van der Waals surface area contributed by atoms with E-state index < -0.39 is 24.9 Å². The van der Waals surface area contributed by atoms with E-state index in [1.807, 2.05) is 0 Å². The number of hydrogen-bond donors (Lipinski definition) is 1. The van der Waals surface area contributed by atoms with Gasteiger partial charge >= 0.3 is 12.4 Å². The molecule has 3 nitrogen and oxygen atoms in total. The lowest BCUT2D eigenvalue weighted by atomic mass is 9.96. The first-order valence-electron chi connectivity index (χ1n) is 7.41. The van der Waals surface area contributed by atoms with Crippen LogP contribution in [0.3, 0.4) is 0 Å². The zero-order valence-corrected chi connectivity index (χ0v) is 12.8. The van der Waals surface area contributed by atoms with Crippen LogP contribution in [0.25, 0.3) is 0 Å². The molecule has 0 atom stereocenters. The Morgan fingerprint density at radius 3 is 2.25 bits per heavy atom. The van der Waals surface area contributed by atoms with E-state index >= 15 is 0 Å². The van der Waals surface area contributed by atoms with E-state index in [9.17, 15) is 26.3 Å². The number of piperidine rings is 1. The molecule has 2 N–H and O–H groups in total. The molecule has 24 heavy (non-hydrogen) atoms. The highest BCUT2D eigenvalue weighted by atomic mass is 19.4. The summed E-state index contributed by atoms with van der Waals surface area (Å²) in [6.07, 6.45) is -8.72. The van der Waals surface area contributed by atoms with E-state index in [-0.39, 0.29) is 38.2 Å². The van der Waals surface area contributed by atoms with Crippen LogP contribution >= 0.6 is 0 Å². The van der Waals surface area contributed by atoms with Gasteiger partial charge in [0, 0.05) is 17.8 Å². The molecule has 1 saturated heterocycles. The van der Waals surface area contributed by atoms with E-state index in [0.717, 1.165) is 0 Å². The Labute approximate surface area is 135 Å². The molecule has 9 heteroatoms. The second-order valence-electron chi connectivity index (χ2n) is 5.86. The first kappa shape index (κ1) is 18.7. The molecule has 1 fully saturated rings. The van der Waals surface area contributed by atoms with Gasteiger partial charge in [0.2, 0.25) is 0 Å². The third-order valence-corrected chi connectivity index (χ3v) is 3.92. The molecule has 0 unspecified atom stereocenters. The van der Waals surface area contributed by atoms with Crippen molar-refractivity contribution in [2.45, 2.75) is 31.7 Å². The summed E-state index contributed by atoms with van der Waals surface area (Å²) in [5, 5.41) is 0. The molecule has 2 rings (SSSR count). The van der Waals surface area contributed by atoms with Crippen molar-refractivity contribution in [3.63, 3.8) is 0 Å². The maximum absolute atomic E-state index is 12.7. The van der Waals surface area contributed by atoms with Crippen molar-refractivity contribution in [1.29, 1.82) is 0 Å². The lowest BCUT2D eigenvalue weighted by Gasteiger charge is -2.33. The van der Waals surface area contributed by atoms with Gasteiger partial charge in [0.25, 0.3) is 0 Å². The van der Waals surface area contributed by atoms with Crippen molar-refractivity contribution in [1.82, 2.24) is 4.90 Å². The lowest BCUT2D eigenvalue weighted by Crippen LogP contribution is -2.38. The summed E-state index contributed by atoms with van der Waals surface area (Å²) >= 11 is 0. The van der Waals surface area contributed by atoms with E-state index in [2.05, 4.69) is 0 Å². The largest absolute Gasteiger partial charge is 0.484 e. The molecule has 1 aliphatic heterocycles. The predicted octanol–water partition coefficient (Wildman–Crippen LogP) is 3.98.